The molecule has 0 aliphatic rings. The van der Waals surface area contributed by atoms with Gasteiger partial charge in [-0.25, -0.2) is 4.98 Å². The zero-order valence-corrected chi connectivity index (χ0v) is 12.3. The molecule has 0 bridgehead atoms. The van der Waals surface area contributed by atoms with Gasteiger partial charge in [0.05, 0.1) is 5.75 Å². The van der Waals surface area contributed by atoms with Crippen LogP contribution in [0.15, 0.2) is 10.9 Å². The van der Waals surface area contributed by atoms with Crippen molar-refractivity contribution < 1.29 is 4.79 Å². The summed E-state index contributed by atoms with van der Waals surface area (Å²) in [5.41, 5.74) is -0.0847. The van der Waals surface area contributed by atoms with Crippen LogP contribution in [0.5, 0.6) is 0 Å². The predicted molar refractivity (Wildman–Crippen MR) is 78.6 cm³/mol. The molecule has 1 heterocycles. The number of hydrogen-bond donors (Lipinski definition) is 2. The first kappa shape index (κ1) is 15.8. The minimum absolute atomic E-state index is 0.197. The molecule has 0 spiro atoms. The van der Waals surface area contributed by atoms with E-state index in [1.54, 1.807) is 11.8 Å². The Morgan fingerprint density at radius 1 is 1.42 bits per heavy atom. The van der Waals surface area contributed by atoms with Crippen molar-refractivity contribution in [2.24, 2.45) is 0 Å². The number of amides is 1. The monoisotopic (exact) mass is 283 g/mol. The molecule has 0 atom stereocenters. The van der Waals surface area contributed by atoms with E-state index < -0.39 is 0 Å². The van der Waals surface area contributed by atoms with Gasteiger partial charge < -0.3 is 10.3 Å². The highest BCUT2D eigenvalue weighted by Gasteiger charge is 2.09. The molecule has 1 aromatic rings. The van der Waals surface area contributed by atoms with E-state index in [9.17, 15) is 9.59 Å². The van der Waals surface area contributed by atoms with Gasteiger partial charge in [0.25, 0.3) is 11.5 Å². The van der Waals surface area contributed by atoms with Crippen LogP contribution in [-0.4, -0.2) is 28.7 Å². The molecule has 0 aliphatic carbocycles. The maximum Gasteiger partial charge on any atom is 0.270 e. The molecule has 0 aromatic carbocycles. The number of nitrogens with one attached hydrogen (secondary N) is 2. The third-order valence-corrected chi connectivity index (χ3v) is 3.18. The van der Waals surface area contributed by atoms with E-state index in [4.69, 9.17) is 0 Å². The molecular formula is C13H21N3O2S. The summed E-state index contributed by atoms with van der Waals surface area (Å²) in [6.07, 6.45) is 6.33. The van der Waals surface area contributed by atoms with E-state index in [2.05, 4.69) is 22.2 Å². The maximum absolute atomic E-state index is 11.9. The van der Waals surface area contributed by atoms with E-state index in [0.29, 0.717) is 18.1 Å². The largest absolute Gasteiger partial charge is 0.351 e. The van der Waals surface area contributed by atoms with Crippen molar-refractivity contribution in [3.8, 4) is 0 Å². The minimum atomic E-state index is -0.282. The Morgan fingerprint density at radius 3 is 2.89 bits per heavy atom. The molecule has 0 saturated carbocycles. The van der Waals surface area contributed by atoms with Gasteiger partial charge in [0.2, 0.25) is 0 Å². The number of H-pyrrole nitrogens is 1. The summed E-state index contributed by atoms with van der Waals surface area (Å²) in [6.45, 7) is 2.77. The molecule has 1 aromatic heterocycles. The first-order chi connectivity index (χ1) is 9.17. The predicted octanol–water partition coefficient (Wildman–Crippen LogP) is 1.94. The fraction of sp³-hybridized carbons (Fsp3) is 0.615. The van der Waals surface area contributed by atoms with Crippen LogP contribution >= 0.6 is 11.8 Å². The van der Waals surface area contributed by atoms with Crippen molar-refractivity contribution in [1.82, 2.24) is 15.3 Å². The van der Waals surface area contributed by atoms with Crippen molar-refractivity contribution in [2.75, 3.05) is 12.8 Å². The number of rotatable bonds is 8. The first-order valence-corrected chi connectivity index (χ1v) is 7.94. The van der Waals surface area contributed by atoms with Gasteiger partial charge in [0, 0.05) is 12.6 Å². The molecule has 6 heteroatoms. The lowest BCUT2D eigenvalue weighted by molar-refractivity contribution is 0.0947. The van der Waals surface area contributed by atoms with Gasteiger partial charge in [-0.15, -0.1) is 0 Å². The Kier molecular flexibility index (Phi) is 7.25. The first-order valence-electron chi connectivity index (χ1n) is 6.54. The lowest BCUT2D eigenvalue weighted by Gasteiger charge is -2.05. The van der Waals surface area contributed by atoms with Gasteiger partial charge in [0.1, 0.15) is 11.5 Å². The lowest BCUT2D eigenvalue weighted by atomic mass is 10.2. The molecule has 0 aliphatic heterocycles. The molecule has 5 nitrogen and oxygen atoms in total. The molecule has 0 unspecified atom stereocenters. The average Bonchev–Trinajstić information content (AvgIpc) is 2.38. The van der Waals surface area contributed by atoms with Crippen molar-refractivity contribution in [3.63, 3.8) is 0 Å². The molecule has 1 amide bonds. The second-order valence-electron chi connectivity index (χ2n) is 4.33. The highest BCUT2D eigenvalue weighted by Crippen LogP contribution is 2.02. The van der Waals surface area contributed by atoms with Gasteiger partial charge >= 0.3 is 0 Å². The number of unbranched alkanes of at least 4 members (excludes halogenated alkanes) is 3. The number of aromatic nitrogens is 2. The van der Waals surface area contributed by atoms with E-state index in [-0.39, 0.29) is 17.2 Å². The molecule has 2 N–H and O–H groups in total. The molecule has 106 valence electrons. The van der Waals surface area contributed by atoms with Crippen LogP contribution in [0.2, 0.25) is 0 Å². The summed E-state index contributed by atoms with van der Waals surface area (Å²) in [4.78, 5) is 30.0. The Bertz CT molecular complexity index is 459. The summed E-state index contributed by atoms with van der Waals surface area (Å²) >= 11 is 1.55. The third kappa shape index (κ3) is 5.92. The summed E-state index contributed by atoms with van der Waals surface area (Å²) in [7, 11) is 0. The van der Waals surface area contributed by atoms with Crippen LogP contribution in [0.4, 0.5) is 0 Å². The zero-order valence-electron chi connectivity index (χ0n) is 11.5. The van der Waals surface area contributed by atoms with E-state index in [1.807, 2.05) is 6.26 Å². The number of thioether (sulfide) groups is 1. The number of carbonyl (C=O) groups excluding carboxylic acids is 1. The van der Waals surface area contributed by atoms with Crippen LogP contribution in [-0.2, 0) is 5.75 Å². The number of hydrogen-bond acceptors (Lipinski definition) is 4. The Hall–Kier alpha value is -1.30. The second-order valence-corrected chi connectivity index (χ2v) is 5.19. The molecular weight excluding hydrogens is 262 g/mol. The quantitative estimate of drug-likeness (QED) is 0.715. The Balaban J connectivity index is 2.54. The number of nitrogens with zero attached hydrogens (tertiary/aromatic N) is 1. The molecule has 0 fully saturated rings. The van der Waals surface area contributed by atoms with Crippen molar-refractivity contribution in [2.45, 2.75) is 38.4 Å². The fourth-order valence-corrected chi connectivity index (χ4v) is 2.08. The Labute approximate surface area is 117 Å². The third-order valence-electron chi connectivity index (χ3n) is 2.62. The second kappa shape index (κ2) is 8.74. The van der Waals surface area contributed by atoms with Crippen LogP contribution in [0.25, 0.3) is 0 Å². The average molecular weight is 283 g/mol. The zero-order chi connectivity index (χ0) is 14.1. The van der Waals surface area contributed by atoms with Crippen molar-refractivity contribution >= 4 is 17.7 Å². The smallest absolute Gasteiger partial charge is 0.270 e. The SMILES string of the molecule is CCCCCCNC(=O)c1cc(=O)[nH]c(CSC)n1. The van der Waals surface area contributed by atoms with E-state index in [0.717, 1.165) is 12.8 Å². The molecule has 0 radical (unpaired) electrons. The molecule has 0 saturated heterocycles. The van der Waals surface area contributed by atoms with Crippen molar-refractivity contribution in [3.05, 3.63) is 27.9 Å². The standard InChI is InChI=1S/C13H21N3O2S/c1-3-4-5-6-7-14-13(18)10-8-12(17)16-11(15-10)9-19-2/h8H,3-7,9H2,1-2H3,(H,14,18)(H,15,16,17). The van der Waals surface area contributed by atoms with Crippen LogP contribution < -0.4 is 10.9 Å². The van der Waals surface area contributed by atoms with Crippen molar-refractivity contribution in [1.29, 1.82) is 0 Å². The van der Waals surface area contributed by atoms with Crippen LogP contribution in [0.1, 0.15) is 48.9 Å². The summed E-state index contributed by atoms with van der Waals surface area (Å²) in [6, 6.07) is 1.24. The van der Waals surface area contributed by atoms with Gasteiger partial charge in [0.15, 0.2) is 0 Å². The van der Waals surface area contributed by atoms with Gasteiger partial charge in [-0.1, -0.05) is 26.2 Å². The topological polar surface area (TPSA) is 74.8 Å². The Morgan fingerprint density at radius 2 is 2.21 bits per heavy atom. The highest BCUT2D eigenvalue weighted by atomic mass is 32.2. The summed E-state index contributed by atoms with van der Waals surface area (Å²) in [5, 5.41) is 2.79. The van der Waals surface area contributed by atoms with Gasteiger partial charge in [-0.2, -0.15) is 11.8 Å². The lowest BCUT2D eigenvalue weighted by Crippen LogP contribution is -2.27. The summed E-state index contributed by atoms with van der Waals surface area (Å²) in [5.74, 6) is 0.855. The van der Waals surface area contributed by atoms with Crippen LogP contribution in [0.3, 0.4) is 0 Å². The van der Waals surface area contributed by atoms with Crippen LogP contribution in [0, 0.1) is 0 Å². The maximum atomic E-state index is 11.9. The van der Waals surface area contributed by atoms with E-state index in [1.165, 1.54) is 18.9 Å². The number of aromatic amines is 1. The summed E-state index contributed by atoms with van der Waals surface area (Å²) < 4.78 is 0. The number of carbonyl (C=O) groups is 1. The fourth-order valence-electron chi connectivity index (χ4n) is 1.67. The molecule has 19 heavy (non-hydrogen) atoms. The highest BCUT2D eigenvalue weighted by molar-refractivity contribution is 7.97. The minimum Gasteiger partial charge on any atom is -0.351 e. The molecule has 1 rings (SSSR count). The van der Waals surface area contributed by atoms with Gasteiger partial charge in [-0.05, 0) is 12.7 Å². The normalized spacial score (nSPS) is 10.4. The van der Waals surface area contributed by atoms with Gasteiger partial charge in [-0.3, -0.25) is 9.59 Å². The van der Waals surface area contributed by atoms with E-state index >= 15 is 0 Å².